The van der Waals surface area contributed by atoms with E-state index < -0.39 is 18.3 Å². The van der Waals surface area contributed by atoms with Gasteiger partial charge in [0.2, 0.25) is 12.3 Å². The molecule has 3 heterocycles. The van der Waals surface area contributed by atoms with E-state index >= 15 is 0 Å². The van der Waals surface area contributed by atoms with E-state index in [4.69, 9.17) is 4.74 Å². The van der Waals surface area contributed by atoms with Crippen LogP contribution in [0.1, 0.15) is 29.7 Å². The second-order valence-electron chi connectivity index (χ2n) is 7.13. The Bertz CT molecular complexity index is 1060. The largest absolute Gasteiger partial charge is 0.468 e. The van der Waals surface area contributed by atoms with Gasteiger partial charge in [0, 0.05) is 29.5 Å². The van der Waals surface area contributed by atoms with Crippen molar-refractivity contribution in [2.75, 3.05) is 6.61 Å². The number of carbonyl (C=O) groups excluding carboxylic acids is 1. The lowest BCUT2D eigenvalue weighted by atomic mass is 10.1. The molecule has 0 bridgehead atoms. The van der Waals surface area contributed by atoms with Gasteiger partial charge in [0.15, 0.2) is 6.61 Å². The lowest BCUT2D eigenvalue weighted by molar-refractivity contribution is -0.154. The number of hydrogen-bond donors (Lipinski definition) is 1. The van der Waals surface area contributed by atoms with Crippen LogP contribution in [0.3, 0.4) is 0 Å². The molecule has 0 atom stereocenters. The minimum atomic E-state index is -4.41. The molecule has 1 aliphatic carbocycles. The first-order chi connectivity index (χ1) is 13.8. The molecule has 1 aliphatic rings. The van der Waals surface area contributed by atoms with Gasteiger partial charge in [-0.1, -0.05) is 0 Å². The summed E-state index contributed by atoms with van der Waals surface area (Å²) >= 11 is 0. The van der Waals surface area contributed by atoms with Crippen LogP contribution in [0, 0.1) is 6.92 Å². The Morgan fingerprint density at radius 2 is 2.14 bits per heavy atom. The first kappa shape index (κ1) is 19.2. The Hall–Kier alpha value is -3.17. The van der Waals surface area contributed by atoms with Crippen LogP contribution in [0.25, 0.3) is 10.9 Å². The molecule has 29 heavy (non-hydrogen) atoms. The molecular formula is C19H18F3N5O2. The van der Waals surface area contributed by atoms with E-state index in [-0.39, 0.29) is 5.88 Å². The lowest BCUT2D eigenvalue weighted by Gasteiger charge is -2.13. The van der Waals surface area contributed by atoms with Gasteiger partial charge in [0.1, 0.15) is 0 Å². The number of halogens is 3. The normalized spacial score (nSPS) is 15.3. The molecule has 0 spiro atoms. The molecule has 10 heteroatoms. The zero-order chi connectivity index (χ0) is 20.6. The Kier molecular flexibility index (Phi) is 4.64. The minimum Gasteiger partial charge on any atom is -0.468 e. The maximum Gasteiger partial charge on any atom is 0.422 e. The number of fused-ring (bicyclic) bond motifs is 1. The fraction of sp³-hybridized carbons (Fsp3) is 0.368. The summed E-state index contributed by atoms with van der Waals surface area (Å²) in [5, 5.41) is 8.25. The summed E-state index contributed by atoms with van der Waals surface area (Å²) in [7, 11) is 0. The van der Waals surface area contributed by atoms with E-state index in [1.165, 1.54) is 6.20 Å². The summed E-state index contributed by atoms with van der Waals surface area (Å²) in [6.45, 7) is 0.651. The van der Waals surface area contributed by atoms with Crippen LogP contribution < -0.4 is 10.1 Å². The number of pyridine rings is 2. The van der Waals surface area contributed by atoms with E-state index in [2.05, 4.69) is 20.4 Å². The molecule has 3 aromatic rings. The number of carbonyl (C=O) groups is 1. The van der Waals surface area contributed by atoms with Crippen molar-refractivity contribution in [3.05, 3.63) is 47.5 Å². The van der Waals surface area contributed by atoms with E-state index in [0.29, 0.717) is 18.5 Å². The highest BCUT2D eigenvalue weighted by atomic mass is 19.4. The molecule has 0 aliphatic heterocycles. The number of nitrogens with zero attached hydrogens (tertiary/aromatic N) is 4. The minimum absolute atomic E-state index is 0.0428. The van der Waals surface area contributed by atoms with Crippen molar-refractivity contribution in [3.8, 4) is 5.88 Å². The van der Waals surface area contributed by atoms with Gasteiger partial charge < -0.3 is 10.1 Å². The second-order valence-corrected chi connectivity index (χ2v) is 7.13. The van der Waals surface area contributed by atoms with Crippen LogP contribution >= 0.6 is 0 Å². The van der Waals surface area contributed by atoms with Gasteiger partial charge in [-0.25, -0.2) is 4.98 Å². The topological polar surface area (TPSA) is 81.9 Å². The predicted octanol–water partition coefficient (Wildman–Crippen LogP) is 2.86. The highest BCUT2D eigenvalue weighted by Gasteiger charge is 2.46. The zero-order valence-electron chi connectivity index (χ0n) is 15.5. The number of ether oxygens (including phenoxy) is 1. The average Bonchev–Trinajstić information content (AvgIpc) is 3.31. The van der Waals surface area contributed by atoms with Crippen LogP contribution in [0.15, 0.2) is 30.7 Å². The van der Waals surface area contributed by atoms with Crippen LogP contribution in [0.5, 0.6) is 5.88 Å². The summed E-state index contributed by atoms with van der Waals surface area (Å²) in [5.41, 5.74) is 2.40. The van der Waals surface area contributed by atoms with Gasteiger partial charge in [-0.05, 0) is 37.5 Å². The number of alkyl halides is 3. The van der Waals surface area contributed by atoms with Crippen molar-refractivity contribution in [1.82, 2.24) is 25.1 Å². The van der Waals surface area contributed by atoms with Crippen molar-refractivity contribution < 1.29 is 22.7 Å². The van der Waals surface area contributed by atoms with E-state index in [1.54, 1.807) is 29.9 Å². The fourth-order valence-electron chi connectivity index (χ4n) is 3.34. The van der Waals surface area contributed by atoms with Crippen LogP contribution in [-0.2, 0) is 16.9 Å². The SMILES string of the molecule is Cc1cc(Cn2cc3c(C4(NC=O)CC4)nccc3n2)cnc1OCC(F)(F)F. The lowest BCUT2D eigenvalue weighted by Crippen LogP contribution is -2.28. The van der Waals surface area contributed by atoms with Crippen LogP contribution in [-0.4, -0.2) is 38.9 Å². The molecule has 1 fully saturated rings. The molecule has 0 unspecified atom stereocenters. The van der Waals surface area contributed by atoms with Gasteiger partial charge in [0.25, 0.3) is 0 Å². The highest BCUT2D eigenvalue weighted by Crippen LogP contribution is 2.46. The van der Waals surface area contributed by atoms with Crippen molar-refractivity contribution >= 4 is 17.3 Å². The molecule has 152 valence electrons. The molecule has 7 nitrogen and oxygen atoms in total. The molecule has 1 saturated carbocycles. The number of nitrogens with one attached hydrogen (secondary N) is 1. The van der Waals surface area contributed by atoms with E-state index in [9.17, 15) is 18.0 Å². The van der Waals surface area contributed by atoms with Gasteiger partial charge in [0.05, 0.1) is 23.3 Å². The average molecular weight is 405 g/mol. The Balaban J connectivity index is 1.56. The van der Waals surface area contributed by atoms with Crippen LogP contribution in [0.2, 0.25) is 0 Å². The maximum absolute atomic E-state index is 12.3. The summed E-state index contributed by atoms with van der Waals surface area (Å²) in [6, 6.07) is 3.52. The summed E-state index contributed by atoms with van der Waals surface area (Å²) in [6.07, 6.45) is 2.92. The smallest absolute Gasteiger partial charge is 0.422 e. The van der Waals surface area contributed by atoms with Crippen molar-refractivity contribution in [1.29, 1.82) is 0 Å². The van der Waals surface area contributed by atoms with Gasteiger partial charge >= 0.3 is 6.18 Å². The monoisotopic (exact) mass is 405 g/mol. The molecule has 0 radical (unpaired) electrons. The number of rotatable bonds is 7. The number of aryl methyl sites for hydroxylation is 1. The third-order valence-corrected chi connectivity index (χ3v) is 4.82. The summed E-state index contributed by atoms with van der Waals surface area (Å²) in [4.78, 5) is 19.4. The van der Waals surface area contributed by atoms with Crippen molar-refractivity contribution in [2.45, 2.75) is 38.0 Å². The Morgan fingerprint density at radius 3 is 2.79 bits per heavy atom. The fourth-order valence-corrected chi connectivity index (χ4v) is 3.34. The predicted molar refractivity (Wildman–Crippen MR) is 97.3 cm³/mol. The van der Waals surface area contributed by atoms with Crippen LogP contribution in [0.4, 0.5) is 13.2 Å². The van der Waals surface area contributed by atoms with Crippen molar-refractivity contribution in [3.63, 3.8) is 0 Å². The molecule has 3 aromatic heterocycles. The number of aromatic nitrogens is 4. The molecular weight excluding hydrogens is 387 g/mol. The molecule has 0 saturated heterocycles. The maximum atomic E-state index is 12.3. The second kappa shape index (κ2) is 7.02. The first-order valence-electron chi connectivity index (χ1n) is 8.99. The Morgan fingerprint density at radius 1 is 1.34 bits per heavy atom. The standard InChI is InChI=1S/C19H18F3N5O2/c1-12-6-13(7-24-17(12)29-10-19(20,21)22)8-27-9-14-15(26-27)2-5-23-16(14)18(3-4-18)25-11-28/h2,5-7,9,11H,3-4,8,10H2,1H3,(H,25,28). The first-order valence-corrected chi connectivity index (χ1v) is 8.99. The van der Waals surface area contributed by atoms with Crippen molar-refractivity contribution in [2.24, 2.45) is 0 Å². The summed E-state index contributed by atoms with van der Waals surface area (Å²) in [5.74, 6) is -0.0428. The van der Waals surface area contributed by atoms with Gasteiger partial charge in [-0.2, -0.15) is 18.3 Å². The van der Waals surface area contributed by atoms with E-state index in [0.717, 1.165) is 35.0 Å². The summed E-state index contributed by atoms with van der Waals surface area (Å²) < 4.78 is 43.4. The molecule has 4 rings (SSSR count). The third kappa shape index (κ3) is 4.01. The van der Waals surface area contributed by atoms with E-state index in [1.807, 2.05) is 6.20 Å². The quantitative estimate of drug-likeness (QED) is 0.612. The molecule has 1 amide bonds. The molecule has 1 N–H and O–H groups in total. The number of hydrogen-bond acceptors (Lipinski definition) is 5. The Labute approximate surface area is 163 Å². The number of amides is 1. The van der Waals surface area contributed by atoms with Gasteiger partial charge in [-0.3, -0.25) is 14.5 Å². The van der Waals surface area contributed by atoms with Gasteiger partial charge in [-0.15, -0.1) is 0 Å². The highest BCUT2D eigenvalue weighted by molar-refractivity contribution is 5.82. The molecule has 0 aromatic carbocycles. The third-order valence-electron chi connectivity index (χ3n) is 4.82. The zero-order valence-corrected chi connectivity index (χ0v) is 15.5.